The lowest BCUT2D eigenvalue weighted by Gasteiger charge is -2.41. The van der Waals surface area contributed by atoms with Gasteiger partial charge in [0.1, 0.15) is 5.82 Å². The Kier molecular flexibility index (Phi) is 5.78. The van der Waals surface area contributed by atoms with Crippen LogP contribution in [0.4, 0.5) is 4.39 Å². The van der Waals surface area contributed by atoms with Crippen molar-refractivity contribution >= 4 is 11.6 Å². The third kappa shape index (κ3) is 3.91. The Bertz CT molecular complexity index is 419. The van der Waals surface area contributed by atoms with Crippen molar-refractivity contribution in [1.82, 2.24) is 4.90 Å². The predicted octanol–water partition coefficient (Wildman–Crippen LogP) is 3.50. The van der Waals surface area contributed by atoms with E-state index >= 15 is 0 Å². The summed E-state index contributed by atoms with van der Waals surface area (Å²) < 4.78 is 13.1. The number of rotatable bonds is 6. The fourth-order valence-electron chi connectivity index (χ4n) is 2.39. The summed E-state index contributed by atoms with van der Waals surface area (Å²) >= 11 is 5.76. The highest BCUT2D eigenvalue weighted by molar-refractivity contribution is 6.30. The second-order valence-corrected chi connectivity index (χ2v) is 5.70. The topological polar surface area (TPSA) is 23.5 Å². The van der Waals surface area contributed by atoms with Crippen molar-refractivity contribution in [2.75, 3.05) is 13.1 Å². The summed E-state index contributed by atoms with van der Waals surface area (Å²) in [6.45, 7) is 9.96. The Labute approximate surface area is 120 Å². The molecule has 0 saturated carbocycles. The van der Waals surface area contributed by atoms with Crippen LogP contribution in [0.25, 0.3) is 0 Å². The molecule has 0 aromatic heterocycles. The van der Waals surface area contributed by atoms with Gasteiger partial charge in [-0.3, -0.25) is 4.90 Å². The van der Waals surface area contributed by atoms with E-state index in [1.54, 1.807) is 12.1 Å². The lowest BCUT2D eigenvalue weighted by molar-refractivity contribution is -0.00415. The van der Waals surface area contributed by atoms with Gasteiger partial charge in [0.2, 0.25) is 0 Å². The number of nitrogens with zero attached hydrogens (tertiary/aromatic N) is 1. The molecule has 0 amide bonds. The highest BCUT2D eigenvalue weighted by atomic mass is 35.5. The van der Waals surface area contributed by atoms with Gasteiger partial charge in [0.15, 0.2) is 0 Å². The number of hydrogen-bond donors (Lipinski definition) is 1. The third-order valence-corrected chi connectivity index (χ3v) is 4.10. The van der Waals surface area contributed by atoms with Crippen LogP contribution in [0.1, 0.15) is 33.3 Å². The van der Waals surface area contributed by atoms with Crippen LogP contribution >= 0.6 is 11.6 Å². The van der Waals surface area contributed by atoms with Crippen molar-refractivity contribution in [2.24, 2.45) is 0 Å². The van der Waals surface area contributed by atoms with Crippen LogP contribution in [0.5, 0.6) is 0 Å². The van der Waals surface area contributed by atoms with Crippen LogP contribution in [-0.2, 0) is 6.42 Å². The van der Waals surface area contributed by atoms with Crippen molar-refractivity contribution in [3.05, 3.63) is 34.6 Å². The van der Waals surface area contributed by atoms with E-state index in [9.17, 15) is 9.50 Å². The SMILES string of the molecule is CCN(CC)C(C)(C)C(O)Cc1ccc(F)c(Cl)c1. The molecule has 0 saturated heterocycles. The molecule has 0 fully saturated rings. The molecule has 0 aliphatic rings. The lowest BCUT2D eigenvalue weighted by Crippen LogP contribution is -2.53. The Hall–Kier alpha value is -0.640. The van der Waals surface area contributed by atoms with E-state index in [-0.39, 0.29) is 10.6 Å². The van der Waals surface area contributed by atoms with E-state index in [0.717, 1.165) is 18.7 Å². The standard InChI is InChI=1S/C15H23ClFNO/c1-5-18(6-2)15(3,4)14(19)10-11-7-8-13(17)12(16)9-11/h7-9,14,19H,5-6,10H2,1-4H3. The Balaban J connectivity index is 2.83. The predicted molar refractivity (Wildman–Crippen MR) is 78.1 cm³/mol. The first-order valence-electron chi connectivity index (χ1n) is 6.69. The minimum absolute atomic E-state index is 0.102. The van der Waals surface area contributed by atoms with Gasteiger partial charge < -0.3 is 5.11 Å². The second kappa shape index (κ2) is 6.69. The summed E-state index contributed by atoms with van der Waals surface area (Å²) in [5.41, 5.74) is 0.517. The van der Waals surface area contributed by atoms with Crippen molar-refractivity contribution in [3.8, 4) is 0 Å². The monoisotopic (exact) mass is 287 g/mol. The summed E-state index contributed by atoms with van der Waals surface area (Å²) in [4.78, 5) is 2.21. The van der Waals surface area contributed by atoms with E-state index in [0.29, 0.717) is 6.42 Å². The van der Waals surface area contributed by atoms with Gasteiger partial charge in [-0.1, -0.05) is 31.5 Å². The van der Waals surface area contributed by atoms with E-state index in [4.69, 9.17) is 11.6 Å². The number of benzene rings is 1. The first kappa shape index (κ1) is 16.4. The average Bonchev–Trinajstić information content (AvgIpc) is 2.35. The molecule has 0 spiro atoms. The van der Waals surface area contributed by atoms with Crippen LogP contribution in [0.15, 0.2) is 18.2 Å². The van der Waals surface area contributed by atoms with Gasteiger partial charge in [-0.15, -0.1) is 0 Å². The van der Waals surface area contributed by atoms with Crippen LogP contribution in [0.2, 0.25) is 5.02 Å². The maximum atomic E-state index is 13.1. The van der Waals surface area contributed by atoms with E-state index < -0.39 is 11.9 Å². The molecule has 0 bridgehead atoms. The van der Waals surface area contributed by atoms with E-state index in [1.807, 2.05) is 13.8 Å². The Morgan fingerprint density at radius 1 is 1.32 bits per heavy atom. The maximum absolute atomic E-state index is 13.1. The number of hydrogen-bond acceptors (Lipinski definition) is 2. The van der Waals surface area contributed by atoms with Gasteiger partial charge in [-0.2, -0.15) is 0 Å². The Morgan fingerprint density at radius 3 is 2.37 bits per heavy atom. The van der Waals surface area contributed by atoms with Crippen LogP contribution in [0, 0.1) is 5.82 Å². The smallest absolute Gasteiger partial charge is 0.141 e. The van der Waals surface area contributed by atoms with Crippen molar-refractivity contribution in [1.29, 1.82) is 0 Å². The van der Waals surface area contributed by atoms with E-state index in [2.05, 4.69) is 18.7 Å². The summed E-state index contributed by atoms with van der Waals surface area (Å²) in [7, 11) is 0. The molecule has 0 radical (unpaired) electrons. The zero-order valence-corrected chi connectivity index (χ0v) is 12.8. The summed E-state index contributed by atoms with van der Waals surface area (Å²) in [5, 5.41) is 10.5. The van der Waals surface area contributed by atoms with Gasteiger partial charge in [0, 0.05) is 12.0 Å². The lowest BCUT2D eigenvalue weighted by atomic mass is 9.90. The van der Waals surface area contributed by atoms with Crippen LogP contribution in [-0.4, -0.2) is 34.7 Å². The minimum atomic E-state index is -0.533. The van der Waals surface area contributed by atoms with Crippen LogP contribution < -0.4 is 0 Å². The highest BCUT2D eigenvalue weighted by Gasteiger charge is 2.32. The fourth-order valence-corrected chi connectivity index (χ4v) is 2.59. The van der Waals surface area contributed by atoms with Gasteiger partial charge in [0.25, 0.3) is 0 Å². The van der Waals surface area contributed by atoms with Crippen molar-refractivity contribution in [2.45, 2.75) is 45.8 Å². The summed E-state index contributed by atoms with van der Waals surface area (Å²) in [6, 6.07) is 4.59. The normalized spacial score (nSPS) is 13.9. The molecule has 1 N–H and O–H groups in total. The van der Waals surface area contributed by atoms with Gasteiger partial charge in [-0.05, 0) is 44.6 Å². The highest BCUT2D eigenvalue weighted by Crippen LogP contribution is 2.23. The molecule has 0 aliphatic carbocycles. The van der Waals surface area contributed by atoms with Crippen LogP contribution in [0.3, 0.4) is 0 Å². The molecule has 4 heteroatoms. The number of aliphatic hydroxyl groups is 1. The molecule has 1 rings (SSSR count). The molecule has 1 unspecified atom stereocenters. The van der Waals surface area contributed by atoms with Gasteiger partial charge in [0.05, 0.1) is 11.1 Å². The Morgan fingerprint density at radius 2 is 1.89 bits per heavy atom. The van der Waals surface area contributed by atoms with Gasteiger partial charge >= 0.3 is 0 Å². The first-order valence-corrected chi connectivity index (χ1v) is 7.07. The van der Waals surface area contributed by atoms with Crippen molar-refractivity contribution in [3.63, 3.8) is 0 Å². The first-order chi connectivity index (χ1) is 8.82. The number of likely N-dealkylation sites (N-methyl/N-ethyl adjacent to an activating group) is 1. The summed E-state index contributed by atoms with van der Waals surface area (Å²) in [5.74, 6) is -0.428. The fraction of sp³-hybridized carbons (Fsp3) is 0.600. The molecule has 1 aromatic rings. The average molecular weight is 288 g/mol. The number of aliphatic hydroxyl groups excluding tert-OH is 1. The third-order valence-electron chi connectivity index (χ3n) is 3.81. The molecule has 1 atom stereocenters. The molecular weight excluding hydrogens is 265 g/mol. The zero-order valence-electron chi connectivity index (χ0n) is 12.1. The van der Waals surface area contributed by atoms with Gasteiger partial charge in [-0.25, -0.2) is 4.39 Å². The molecule has 1 aromatic carbocycles. The molecule has 0 aliphatic heterocycles. The largest absolute Gasteiger partial charge is 0.391 e. The van der Waals surface area contributed by atoms with E-state index in [1.165, 1.54) is 6.07 Å². The quantitative estimate of drug-likeness (QED) is 0.865. The zero-order chi connectivity index (χ0) is 14.6. The molecule has 0 heterocycles. The maximum Gasteiger partial charge on any atom is 0.141 e. The second-order valence-electron chi connectivity index (χ2n) is 5.29. The molecular formula is C15H23ClFNO. The summed E-state index contributed by atoms with van der Waals surface area (Å²) in [6.07, 6.45) is -0.0716. The minimum Gasteiger partial charge on any atom is -0.391 e. The number of halogens is 2. The van der Waals surface area contributed by atoms with Crippen molar-refractivity contribution < 1.29 is 9.50 Å². The molecule has 2 nitrogen and oxygen atoms in total. The molecule has 19 heavy (non-hydrogen) atoms. The molecule has 108 valence electrons.